The van der Waals surface area contributed by atoms with Crippen molar-refractivity contribution in [3.8, 4) is 5.75 Å². The Morgan fingerprint density at radius 1 is 1.06 bits per heavy atom. The summed E-state index contributed by atoms with van der Waals surface area (Å²) in [7, 11) is 0. The normalized spacial score (nSPS) is 21.1. The quantitative estimate of drug-likeness (QED) is 0.420. The number of carboxylic acid groups (broad SMARTS) is 1. The van der Waals surface area contributed by atoms with E-state index in [0.717, 1.165) is 12.2 Å². The van der Waals surface area contributed by atoms with Crippen molar-refractivity contribution in [2.24, 2.45) is 11.1 Å². The number of phenols is 1. The fourth-order valence-corrected chi connectivity index (χ4v) is 3.37. The highest BCUT2D eigenvalue weighted by atomic mass is 16.4. The molecule has 0 spiro atoms. The molecule has 1 aliphatic rings. The summed E-state index contributed by atoms with van der Waals surface area (Å²) in [6.45, 7) is 0. The summed E-state index contributed by atoms with van der Waals surface area (Å²) in [6, 6.07) is 13.1. The summed E-state index contributed by atoms with van der Waals surface area (Å²) in [5.74, 6) is -2.82. The number of aliphatic hydroxyl groups excluding tert-OH is 1. The molecule has 0 aromatic heterocycles. The first kappa shape index (κ1) is 21.9. The predicted molar refractivity (Wildman–Crippen MR) is 112 cm³/mol. The number of Topliss-reactive ketones (excluding diaryl/α,β-unsaturated/α-hetero) is 1. The Kier molecular flexibility index (Phi) is 6.33. The van der Waals surface area contributed by atoms with Gasteiger partial charge in [0.2, 0.25) is 0 Å². The number of carbonyl (C=O) groups is 3. The van der Waals surface area contributed by atoms with Crippen LogP contribution in [0.1, 0.15) is 15.9 Å². The number of benzene rings is 2. The molecule has 1 amide bonds. The first-order valence-corrected chi connectivity index (χ1v) is 9.51. The van der Waals surface area contributed by atoms with Crippen LogP contribution >= 0.6 is 0 Å². The molecule has 1 aliphatic carbocycles. The molecule has 2 aromatic carbocycles. The SMILES string of the molecule is N[C@@H](Cc1ccc(O)cc1)C(=O)C1(C(=O)O)C=CC(NC(=O)c2ccccc2)=CC1O. The van der Waals surface area contributed by atoms with Gasteiger partial charge in [-0.1, -0.05) is 36.4 Å². The van der Waals surface area contributed by atoms with Crippen molar-refractivity contribution in [3.63, 3.8) is 0 Å². The summed E-state index contributed by atoms with van der Waals surface area (Å²) in [5, 5.41) is 32.3. The summed E-state index contributed by atoms with van der Waals surface area (Å²) in [6.07, 6.45) is 1.72. The molecule has 8 nitrogen and oxygen atoms in total. The van der Waals surface area contributed by atoms with Gasteiger partial charge in [0.15, 0.2) is 11.2 Å². The van der Waals surface area contributed by atoms with Crippen LogP contribution in [0.5, 0.6) is 5.75 Å². The van der Waals surface area contributed by atoms with Crippen molar-refractivity contribution in [2.75, 3.05) is 0 Å². The lowest BCUT2D eigenvalue weighted by molar-refractivity contribution is -0.157. The zero-order chi connectivity index (χ0) is 22.6. The summed E-state index contributed by atoms with van der Waals surface area (Å²) < 4.78 is 0. The van der Waals surface area contributed by atoms with Crippen LogP contribution in [0.15, 0.2) is 78.5 Å². The molecule has 31 heavy (non-hydrogen) atoms. The average molecular weight is 422 g/mol. The summed E-state index contributed by atoms with van der Waals surface area (Å²) in [4.78, 5) is 37.3. The second-order valence-electron chi connectivity index (χ2n) is 7.24. The number of aliphatic carboxylic acids is 1. The number of nitrogens with one attached hydrogen (secondary N) is 1. The molecule has 0 fully saturated rings. The molecular weight excluding hydrogens is 400 g/mol. The maximum atomic E-state index is 13.0. The molecular formula is C23H22N2O6. The molecule has 0 saturated carbocycles. The molecule has 6 N–H and O–H groups in total. The van der Waals surface area contributed by atoms with E-state index in [0.29, 0.717) is 11.1 Å². The van der Waals surface area contributed by atoms with Gasteiger partial charge in [-0.05, 0) is 48.4 Å². The lowest BCUT2D eigenvalue weighted by atomic mass is 9.72. The Hall–Kier alpha value is -3.75. The largest absolute Gasteiger partial charge is 0.508 e. The van der Waals surface area contributed by atoms with E-state index in [2.05, 4.69) is 5.32 Å². The van der Waals surface area contributed by atoms with Gasteiger partial charge in [-0.15, -0.1) is 0 Å². The molecule has 2 unspecified atom stereocenters. The molecule has 160 valence electrons. The van der Waals surface area contributed by atoms with Crippen LogP contribution in [0.2, 0.25) is 0 Å². The first-order chi connectivity index (χ1) is 14.7. The number of amides is 1. The standard InChI is InChI=1S/C23H22N2O6/c24-18(12-14-6-8-17(26)9-7-14)20(28)23(22(30)31)11-10-16(13-19(23)27)25-21(29)15-4-2-1-3-5-15/h1-11,13,18-19,26-27H,12,24H2,(H,25,29)(H,30,31)/t18-,19?,23?/m0/s1. The van der Waals surface area contributed by atoms with Crippen molar-refractivity contribution >= 4 is 17.7 Å². The third kappa shape index (κ3) is 4.55. The Bertz CT molecular complexity index is 1050. The Balaban J connectivity index is 1.78. The van der Waals surface area contributed by atoms with E-state index in [4.69, 9.17) is 5.73 Å². The molecule has 0 saturated heterocycles. The van der Waals surface area contributed by atoms with E-state index in [1.165, 1.54) is 18.2 Å². The molecule has 3 atom stereocenters. The molecule has 0 radical (unpaired) electrons. The number of hydrogen-bond acceptors (Lipinski definition) is 6. The number of rotatable bonds is 7. The highest BCUT2D eigenvalue weighted by Crippen LogP contribution is 2.33. The first-order valence-electron chi connectivity index (χ1n) is 9.51. The summed E-state index contributed by atoms with van der Waals surface area (Å²) >= 11 is 0. The smallest absolute Gasteiger partial charge is 0.324 e. The number of carboxylic acids is 1. The molecule has 0 heterocycles. The number of aliphatic hydroxyl groups is 1. The maximum Gasteiger partial charge on any atom is 0.324 e. The van der Waals surface area contributed by atoms with Crippen molar-refractivity contribution in [1.29, 1.82) is 0 Å². The van der Waals surface area contributed by atoms with Gasteiger partial charge in [0.05, 0.1) is 6.04 Å². The van der Waals surface area contributed by atoms with E-state index in [-0.39, 0.29) is 17.9 Å². The number of phenolic OH excluding ortho intramolecular Hbond substituents is 1. The van der Waals surface area contributed by atoms with Crippen molar-refractivity contribution in [1.82, 2.24) is 5.32 Å². The zero-order valence-electron chi connectivity index (χ0n) is 16.4. The van der Waals surface area contributed by atoms with Crippen molar-refractivity contribution < 1.29 is 29.7 Å². The minimum absolute atomic E-state index is 0.0238. The van der Waals surface area contributed by atoms with Gasteiger partial charge in [-0.2, -0.15) is 0 Å². The van der Waals surface area contributed by atoms with Gasteiger partial charge < -0.3 is 26.4 Å². The van der Waals surface area contributed by atoms with Gasteiger partial charge in [-0.25, -0.2) is 0 Å². The number of allylic oxidation sites excluding steroid dienone is 1. The van der Waals surface area contributed by atoms with Gasteiger partial charge in [-0.3, -0.25) is 14.4 Å². The molecule has 0 bridgehead atoms. The van der Waals surface area contributed by atoms with Crippen LogP contribution in [0, 0.1) is 5.41 Å². The minimum atomic E-state index is -2.28. The Morgan fingerprint density at radius 2 is 1.71 bits per heavy atom. The molecule has 2 aromatic rings. The average Bonchev–Trinajstić information content (AvgIpc) is 2.75. The number of aromatic hydroxyl groups is 1. The fraction of sp³-hybridized carbons (Fsp3) is 0.174. The van der Waals surface area contributed by atoms with Crippen LogP contribution in [0.25, 0.3) is 0 Å². The lowest BCUT2D eigenvalue weighted by Crippen LogP contribution is -2.55. The van der Waals surface area contributed by atoms with Gasteiger partial charge in [0, 0.05) is 11.3 Å². The van der Waals surface area contributed by atoms with Crippen LogP contribution in [-0.4, -0.2) is 45.1 Å². The van der Waals surface area contributed by atoms with Gasteiger partial charge in [0.25, 0.3) is 5.91 Å². The van der Waals surface area contributed by atoms with E-state index in [1.54, 1.807) is 42.5 Å². The number of carbonyl (C=O) groups excluding carboxylic acids is 2. The highest BCUT2D eigenvalue weighted by Gasteiger charge is 2.52. The topological polar surface area (TPSA) is 150 Å². The van der Waals surface area contributed by atoms with E-state index >= 15 is 0 Å². The highest BCUT2D eigenvalue weighted by molar-refractivity contribution is 6.09. The van der Waals surface area contributed by atoms with Gasteiger partial charge >= 0.3 is 5.97 Å². The number of ketones is 1. The lowest BCUT2D eigenvalue weighted by Gasteiger charge is -2.33. The van der Waals surface area contributed by atoms with E-state index < -0.39 is 35.2 Å². The molecule has 8 heteroatoms. The van der Waals surface area contributed by atoms with Crippen LogP contribution in [0.3, 0.4) is 0 Å². The third-order valence-electron chi connectivity index (χ3n) is 5.11. The van der Waals surface area contributed by atoms with Crippen LogP contribution in [-0.2, 0) is 16.0 Å². The predicted octanol–water partition coefficient (Wildman–Crippen LogP) is 1.15. The number of hydrogen-bond donors (Lipinski definition) is 5. The fourth-order valence-electron chi connectivity index (χ4n) is 3.37. The monoisotopic (exact) mass is 422 g/mol. The van der Waals surface area contributed by atoms with E-state index in [1.807, 2.05) is 0 Å². The minimum Gasteiger partial charge on any atom is -0.508 e. The Morgan fingerprint density at radius 3 is 2.29 bits per heavy atom. The van der Waals surface area contributed by atoms with E-state index in [9.17, 15) is 29.7 Å². The van der Waals surface area contributed by atoms with Gasteiger partial charge in [0.1, 0.15) is 11.9 Å². The van der Waals surface area contributed by atoms with Crippen molar-refractivity contribution in [2.45, 2.75) is 18.6 Å². The maximum absolute atomic E-state index is 13.0. The number of nitrogens with two attached hydrogens (primary N) is 1. The Labute approximate surface area is 178 Å². The molecule has 3 rings (SSSR count). The zero-order valence-corrected chi connectivity index (χ0v) is 16.4. The summed E-state index contributed by atoms with van der Waals surface area (Å²) in [5.41, 5.74) is 4.88. The van der Waals surface area contributed by atoms with Crippen molar-refractivity contribution in [3.05, 3.63) is 89.6 Å². The second kappa shape index (κ2) is 8.95. The second-order valence-corrected chi connectivity index (χ2v) is 7.24. The third-order valence-corrected chi connectivity index (χ3v) is 5.11. The van der Waals surface area contributed by atoms with Crippen LogP contribution in [0.4, 0.5) is 0 Å². The molecule has 0 aliphatic heterocycles. The van der Waals surface area contributed by atoms with Crippen LogP contribution < -0.4 is 11.1 Å².